The van der Waals surface area contributed by atoms with Gasteiger partial charge in [0.05, 0.1) is 13.0 Å². The number of rotatable bonds is 5. The van der Waals surface area contributed by atoms with Gasteiger partial charge >= 0.3 is 11.9 Å². The van der Waals surface area contributed by atoms with E-state index in [-0.39, 0.29) is 17.5 Å². The molecule has 0 unspecified atom stereocenters. The number of nitrogens with one attached hydrogen (secondary N) is 1. The minimum atomic E-state index is -1.42. The Labute approximate surface area is 84.5 Å². The van der Waals surface area contributed by atoms with Gasteiger partial charge in [0.2, 0.25) is 5.91 Å². The summed E-state index contributed by atoms with van der Waals surface area (Å²) in [5.41, 5.74) is 4.90. The van der Waals surface area contributed by atoms with Gasteiger partial charge in [-0.25, -0.2) is 4.79 Å². The normalized spacial score (nSPS) is 10.2. The summed E-state index contributed by atoms with van der Waals surface area (Å²) >= 11 is 0. The van der Waals surface area contributed by atoms with Gasteiger partial charge in [-0.2, -0.15) is 0 Å². The van der Waals surface area contributed by atoms with Gasteiger partial charge < -0.3 is 32.2 Å². The Morgan fingerprint density at radius 1 is 1.20 bits per heavy atom. The molecule has 0 fully saturated rings. The molecule has 0 saturated heterocycles. The molecular weight excluding hydrogens is 212 g/mol. The molecule has 0 bridgehead atoms. The summed E-state index contributed by atoms with van der Waals surface area (Å²) in [6, 6.07) is -1.42. The Hall–Kier alpha value is -1.71. The van der Waals surface area contributed by atoms with Gasteiger partial charge in [-0.3, -0.25) is 9.59 Å². The quantitative estimate of drug-likeness (QED) is 0.372. The van der Waals surface area contributed by atoms with Crippen LogP contribution >= 0.6 is 0 Å². The van der Waals surface area contributed by atoms with Crippen LogP contribution in [-0.2, 0) is 14.4 Å². The predicted molar refractivity (Wildman–Crippen MR) is 48.1 cm³/mol. The van der Waals surface area contributed by atoms with Crippen molar-refractivity contribution in [2.45, 2.75) is 12.5 Å². The van der Waals surface area contributed by atoms with Crippen LogP contribution in [0.15, 0.2) is 0 Å². The van der Waals surface area contributed by atoms with Crippen molar-refractivity contribution in [2.75, 3.05) is 6.54 Å². The van der Waals surface area contributed by atoms with Gasteiger partial charge in [0.1, 0.15) is 6.04 Å². The molecular formula is C6H14N2O7. The van der Waals surface area contributed by atoms with E-state index in [1.807, 2.05) is 5.32 Å². The number of carboxylic acids is 2. The number of aliphatic carboxylic acids is 2. The van der Waals surface area contributed by atoms with Crippen molar-refractivity contribution >= 4 is 17.8 Å². The highest BCUT2D eigenvalue weighted by atomic mass is 16.4. The maximum atomic E-state index is 10.6. The Balaban J connectivity index is -0.000000720. The second kappa shape index (κ2) is 8.87. The van der Waals surface area contributed by atoms with E-state index in [1.165, 1.54) is 0 Å². The van der Waals surface area contributed by atoms with Gasteiger partial charge in [0, 0.05) is 0 Å². The third kappa shape index (κ3) is 8.62. The zero-order valence-electron chi connectivity index (χ0n) is 7.69. The van der Waals surface area contributed by atoms with Gasteiger partial charge in [-0.15, -0.1) is 0 Å². The first-order valence-corrected chi connectivity index (χ1v) is 3.41. The van der Waals surface area contributed by atoms with Crippen LogP contribution in [0.25, 0.3) is 0 Å². The summed E-state index contributed by atoms with van der Waals surface area (Å²) in [7, 11) is 0. The molecule has 0 spiro atoms. The summed E-state index contributed by atoms with van der Waals surface area (Å²) in [6.45, 7) is -0.372. The van der Waals surface area contributed by atoms with Crippen LogP contribution in [0.3, 0.4) is 0 Å². The minimum absolute atomic E-state index is 0. The number of hydrogen-bond donors (Lipinski definition) is 4. The molecule has 0 heterocycles. The molecule has 15 heavy (non-hydrogen) atoms. The highest BCUT2D eigenvalue weighted by molar-refractivity contribution is 5.87. The summed E-state index contributed by atoms with van der Waals surface area (Å²) in [4.78, 5) is 31.1. The third-order valence-corrected chi connectivity index (χ3v) is 1.20. The third-order valence-electron chi connectivity index (χ3n) is 1.20. The summed E-state index contributed by atoms with van der Waals surface area (Å²) < 4.78 is 0. The zero-order valence-corrected chi connectivity index (χ0v) is 7.69. The number of carbonyl (C=O) groups excluding carboxylic acids is 1. The van der Waals surface area contributed by atoms with Crippen molar-refractivity contribution in [3.63, 3.8) is 0 Å². The molecule has 0 aliphatic carbocycles. The summed E-state index contributed by atoms with van der Waals surface area (Å²) in [5, 5.41) is 18.7. The first-order chi connectivity index (χ1) is 5.97. The molecule has 0 aromatic carbocycles. The van der Waals surface area contributed by atoms with Crippen LogP contribution in [0.4, 0.5) is 0 Å². The molecule has 0 aromatic heterocycles. The molecule has 0 aliphatic rings. The standard InChI is InChI=1S/C6H10N2O5.2H2O/c7-2-4(9)8-3(6(12)13)1-5(10)11;;/h3H,1-2,7H2,(H,8,9)(H,10,11)(H,12,13);2*1H2/t3-;;/m0../s1. The molecule has 0 radical (unpaired) electrons. The highest BCUT2D eigenvalue weighted by Crippen LogP contribution is 1.91. The SMILES string of the molecule is NCC(=O)N[C@@H](CC(=O)O)C(=O)O.O.O. The van der Waals surface area contributed by atoms with E-state index in [2.05, 4.69) is 0 Å². The van der Waals surface area contributed by atoms with Crippen LogP contribution in [0, 0.1) is 0 Å². The molecule has 0 aromatic rings. The van der Waals surface area contributed by atoms with E-state index in [0.29, 0.717) is 0 Å². The highest BCUT2D eigenvalue weighted by Gasteiger charge is 2.22. The van der Waals surface area contributed by atoms with E-state index in [0.717, 1.165) is 0 Å². The monoisotopic (exact) mass is 226 g/mol. The van der Waals surface area contributed by atoms with Crippen molar-refractivity contribution in [3.05, 3.63) is 0 Å². The molecule has 1 amide bonds. The van der Waals surface area contributed by atoms with E-state index in [4.69, 9.17) is 15.9 Å². The van der Waals surface area contributed by atoms with E-state index >= 15 is 0 Å². The smallest absolute Gasteiger partial charge is 0.326 e. The van der Waals surface area contributed by atoms with Crippen LogP contribution in [0.5, 0.6) is 0 Å². The van der Waals surface area contributed by atoms with E-state index in [1.54, 1.807) is 0 Å². The molecule has 90 valence electrons. The predicted octanol–water partition coefficient (Wildman–Crippen LogP) is -3.66. The average Bonchev–Trinajstić information content (AvgIpc) is 2.02. The summed E-state index contributed by atoms with van der Waals surface area (Å²) in [6.07, 6.45) is -0.666. The van der Waals surface area contributed by atoms with Crippen LogP contribution in [0.2, 0.25) is 0 Å². The largest absolute Gasteiger partial charge is 0.481 e. The van der Waals surface area contributed by atoms with Gasteiger partial charge in [0.25, 0.3) is 0 Å². The number of hydrogen-bond acceptors (Lipinski definition) is 4. The molecule has 9 nitrogen and oxygen atoms in total. The van der Waals surface area contributed by atoms with Gasteiger partial charge in [0.15, 0.2) is 0 Å². The summed E-state index contributed by atoms with van der Waals surface area (Å²) in [5.74, 6) is -3.40. The van der Waals surface area contributed by atoms with E-state index < -0.39 is 30.3 Å². The topological polar surface area (TPSA) is 193 Å². The fourth-order valence-electron chi connectivity index (χ4n) is 0.628. The van der Waals surface area contributed by atoms with Crippen molar-refractivity contribution < 1.29 is 35.5 Å². The Bertz CT molecular complexity index is 230. The van der Waals surface area contributed by atoms with Crippen LogP contribution < -0.4 is 11.1 Å². The molecule has 0 rings (SSSR count). The zero-order chi connectivity index (χ0) is 10.4. The Morgan fingerprint density at radius 3 is 1.93 bits per heavy atom. The van der Waals surface area contributed by atoms with Crippen molar-refractivity contribution in [1.29, 1.82) is 0 Å². The van der Waals surface area contributed by atoms with Crippen molar-refractivity contribution in [1.82, 2.24) is 5.32 Å². The fourth-order valence-corrected chi connectivity index (χ4v) is 0.628. The first kappa shape index (κ1) is 19.0. The number of amides is 1. The Morgan fingerprint density at radius 2 is 1.67 bits per heavy atom. The lowest BCUT2D eigenvalue weighted by molar-refractivity contribution is -0.147. The molecule has 0 saturated carbocycles. The molecule has 0 aliphatic heterocycles. The molecule has 9 heteroatoms. The molecule has 9 N–H and O–H groups in total. The number of carbonyl (C=O) groups is 3. The fraction of sp³-hybridized carbons (Fsp3) is 0.500. The maximum absolute atomic E-state index is 10.6. The second-order valence-electron chi connectivity index (χ2n) is 2.26. The second-order valence-corrected chi connectivity index (χ2v) is 2.26. The number of carboxylic acid groups (broad SMARTS) is 2. The van der Waals surface area contributed by atoms with Gasteiger partial charge in [-0.05, 0) is 0 Å². The van der Waals surface area contributed by atoms with Crippen LogP contribution in [-0.4, -0.2) is 51.6 Å². The average molecular weight is 226 g/mol. The van der Waals surface area contributed by atoms with Crippen LogP contribution in [0.1, 0.15) is 6.42 Å². The van der Waals surface area contributed by atoms with E-state index in [9.17, 15) is 14.4 Å². The lowest BCUT2D eigenvalue weighted by Gasteiger charge is -2.10. The Kier molecular flexibility index (Phi) is 11.2. The molecule has 1 atom stereocenters. The lowest BCUT2D eigenvalue weighted by atomic mass is 10.2. The lowest BCUT2D eigenvalue weighted by Crippen LogP contribution is -2.44. The van der Waals surface area contributed by atoms with Gasteiger partial charge in [-0.1, -0.05) is 0 Å². The minimum Gasteiger partial charge on any atom is -0.481 e. The number of nitrogens with two attached hydrogens (primary N) is 1. The van der Waals surface area contributed by atoms with Crippen molar-refractivity contribution in [2.24, 2.45) is 5.73 Å². The van der Waals surface area contributed by atoms with Crippen molar-refractivity contribution in [3.8, 4) is 0 Å². The maximum Gasteiger partial charge on any atom is 0.326 e. The first-order valence-electron chi connectivity index (χ1n) is 3.41.